The minimum absolute atomic E-state index is 0.123. The van der Waals surface area contributed by atoms with Crippen LogP contribution in [0.1, 0.15) is 26.3 Å². The van der Waals surface area contributed by atoms with Crippen molar-refractivity contribution in [3.05, 3.63) is 60.2 Å². The third-order valence-corrected chi connectivity index (χ3v) is 5.85. The van der Waals surface area contributed by atoms with E-state index < -0.39 is 0 Å². The summed E-state index contributed by atoms with van der Waals surface area (Å²) in [7, 11) is -0.588. The van der Waals surface area contributed by atoms with Gasteiger partial charge in [-0.1, -0.05) is 75.4 Å². The molecule has 6 heteroatoms. The van der Waals surface area contributed by atoms with E-state index in [2.05, 4.69) is 75.4 Å². The maximum Gasteiger partial charge on any atom is 0.494 e. The average molecular weight is 400 g/mol. The van der Waals surface area contributed by atoms with Crippen LogP contribution in [0.5, 0.6) is 0 Å². The standard InChI is InChI=1S/C24H26B2O4/c1-24(2,3)19-7-4-17(5-8-19)22-16-21(26-29-12-13-30-26)14-18-6-9-20(15-23(18)22)25-27-10-11-28-25/h4-9,14-16H,10-13H2,1-3H3. The van der Waals surface area contributed by atoms with Gasteiger partial charge in [0.2, 0.25) is 0 Å². The molecule has 0 atom stereocenters. The van der Waals surface area contributed by atoms with Crippen LogP contribution in [0.15, 0.2) is 54.6 Å². The fourth-order valence-corrected chi connectivity index (χ4v) is 4.17. The van der Waals surface area contributed by atoms with E-state index in [1.54, 1.807) is 0 Å². The highest BCUT2D eigenvalue weighted by molar-refractivity contribution is 6.63. The molecule has 0 spiro atoms. The molecule has 0 aliphatic carbocycles. The van der Waals surface area contributed by atoms with Crippen LogP contribution in [0.3, 0.4) is 0 Å². The first kappa shape index (κ1) is 19.8. The summed E-state index contributed by atoms with van der Waals surface area (Å²) in [5.74, 6) is 0. The largest absolute Gasteiger partial charge is 0.494 e. The number of fused-ring (bicyclic) bond motifs is 1. The van der Waals surface area contributed by atoms with Crippen LogP contribution in [0.25, 0.3) is 21.9 Å². The molecule has 2 heterocycles. The molecule has 0 radical (unpaired) electrons. The summed E-state index contributed by atoms with van der Waals surface area (Å²) < 4.78 is 23.0. The van der Waals surface area contributed by atoms with Crippen molar-refractivity contribution in [3.63, 3.8) is 0 Å². The maximum atomic E-state index is 5.79. The van der Waals surface area contributed by atoms with E-state index in [-0.39, 0.29) is 19.7 Å². The monoisotopic (exact) mass is 400 g/mol. The molecule has 0 bridgehead atoms. The van der Waals surface area contributed by atoms with Crippen molar-refractivity contribution in [2.75, 3.05) is 26.4 Å². The van der Waals surface area contributed by atoms with Crippen LogP contribution >= 0.6 is 0 Å². The molecule has 0 N–H and O–H groups in total. The first-order valence-corrected chi connectivity index (χ1v) is 10.6. The van der Waals surface area contributed by atoms with Crippen LogP contribution in [0.2, 0.25) is 0 Å². The number of hydrogen-bond donors (Lipinski definition) is 0. The fourth-order valence-electron chi connectivity index (χ4n) is 4.17. The van der Waals surface area contributed by atoms with Gasteiger partial charge in [0, 0.05) is 0 Å². The average Bonchev–Trinajstić information content (AvgIpc) is 3.46. The van der Waals surface area contributed by atoms with Crippen molar-refractivity contribution in [2.24, 2.45) is 0 Å². The zero-order valence-corrected chi connectivity index (χ0v) is 17.8. The molecule has 30 heavy (non-hydrogen) atoms. The Balaban J connectivity index is 1.64. The second-order valence-electron chi connectivity index (χ2n) is 9.02. The topological polar surface area (TPSA) is 36.9 Å². The smallest absolute Gasteiger partial charge is 0.405 e. The highest BCUT2D eigenvalue weighted by atomic mass is 16.6. The molecule has 5 rings (SSSR count). The molecule has 3 aromatic carbocycles. The maximum absolute atomic E-state index is 5.79. The zero-order valence-electron chi connectivity index (χ0n) is 17.8. The van der Waals surface area contributed by atoms with Gasteiger partial charge in [0.25, 0.3) is 0 Å². The molecule has 2 aliphatic heterocycles. The van der Waals surface area contributed by atoms with E-state index >= 15 is 0 Å². The lowest BCUT2D eigenvalue weighted by molar-refractivity contribution is 0.365. The Bertz CT molecular complexity index is 1050. The summed E-state index contributed by atoms with van der Waals surface area (Å²) >= 11 is 0. The summed E-state index contributed by atoms with van der Waals surface area (Å²) in [6.07, 6.45) is 0. The number of hydrogen-bond acceptors (Lipinski definition) is 4. The van der Waals surface area contributed by atoms with E-state index in [4.69, 9.17) is 18.6 Å². The molecular formula is C24H26B2O4. The second kappa shape index (κ2) is 7.86. The highest BCUT2D eigenvalue weighted by Crippen LogP contribution is 2.31. The van der Waals surface area contributed by atoms with Gasteiger partial charge < -0.3 is 18.6 Å². The number of benzene rings is 3. The summed E-state index contributed by atoms with van der Waals surface area (Å²) in [5.41, 5.74) is 5.89. The van der Waals surface area contributed by atoms with Crippen molar-refractivity contribution in [1.82, 2.24) is 0 Å². The summed E-state index contributed by atoms with van der Waals surface area (Å²) in [6.45, 7) is 9.25. The van der Waals surface area contributed by atoms with Gasteiger partial charge in [-0.25, -0.2) is 0 Å². The molecule has 152 valence electrons. The molecule has 0 saturated carbocycles. The van der Waals surface area contributed by atoms with Gasteiger partial charge in [-0.3, -0.25) is 0 Å². The van der Waals surface area contributed by atoms with Crippen molar-refractivity contribution in [1.29, 1.82) is 0 Å². The molecule has 2 aliphatic rings. The lowest BCUT2D eigenvalue weighted by Crippen LogP contribution is -2.33. The fraction of sp³-hybridized carbons (Fsp3) is 0.333. The molecule has 0 unspecified atom stereocenters. The summed E-state index contributed by atoms with van der Waals surface area (Å²) in [6, 6.07) is 19.7. The molecule has 2 saturated heterocycles. The minimum Gasteiger partial charge on any atom is -0.405 e. The quantitative estimate of drug-likeness (QED) is 0.633. The summed E-state index contributed by atoms with van der Waals surface area (Å²) in [5, 5.41) is 2.33. The van der Waals surface area contributed by atoms with Crippen molar-refractivity contribution < 1.29 is 18.6 Å². The molecular weight excluding hydrogens is 374 g/mol. The molecule has 0 amide bonds. The Morgan fingerprint density at radius 3 is 1.87 bits per heavy atom. The third-order valence-electron chi connectivity index (χ3n) is 5.85. The van der Waals surface area contributed by atoms with E-state index in [1.807, 2.05) is 0 Å². The van der Waals surface area contributed by atoms with Gasteiger partial charge >= 0.3 is 14.2 Å². The summed E-state index contributed by atoms with van der Waals surface area (Å²) in [4.78, 5) is 0. The van der Waals surface area contributed by atoms with Gasteiger partial charge in [-0.05, 0) is 43.8 Å². The van der Waals surface area contributed by atoms with E-state index in [0.717, 1.165) is 16.3 Å². The molecule has 2 fully saturated rings. The van der Waals surface area contributed by atoms with Crippen LogP contribution in [0.4, 0.5) is 0 Å². The van der Waals surface area contributed by atoms with Gasteiger partial charge in [0.1, 0.15) is 0 Å². The lowest BCUT2D eigenvalue weighted by atomic mass is 9.74. The molecule has 4 nitrogen and oxygen atoms in total. The predicted octanol–water partition coefficient (Wildman–Crippen LogP) is 3.29. The van der Waals surface area contributed by atoms with Gasteiger partial charge in [0.15, 0.2) is 0 Å². The van der Waals surface area contributed by atoms with E-state index in [0.29, 0.717) is 26.4 Å². The zero-order chi connectivity index (χ0) is 20.7. The van der Waals surface area contributed by atoms with Crippen LogP contribution in [-0.2, 0) is 24.0 Å². The molecule has 0 aromatic heterocycles. The Hall–Kier alpha value is -2.11. The van der Waals surface area contributed by atoms with E-state index in [9.17, 15) is 0 Å². The van der Waals surface area contributed by atoms with Crippen LogP contribution in [0, 0.1) is 0 Å². The van der Waals surface area contributed by atoms with Crippen LogP contribution in [-0.4, -0.2) is 40.7 Å². The van der Waals surface area contributed by atoms with Gasteiger partial charge in [0.05, 0.1) is 26.4 Å². The minimum atomic E-state index is -0.303. The van der Waals surface area contributed by atoms with Gasteiger partial charge in [-0.2, -0.15) is 0 Å². The Labute approximate surface area is 178 Å². The van der Waals surface area contributed by atoms with Crippen molar-refractivity contribution in [2.45, 2.75) is 26.2 Å². The van der Waals surface area contributed by atoms with E-state index in [1.165, 1.54) is 22.1 Å². The normalized spacial score (nSPS) is 17.3. The Morgan fingerprint density at radius 1 is 0.667 bits per heavy atom. The predicted molar refractivity (Wildman–Crippen MR) is 123 cm³/mol. The third kappa shape index (κ3) is 3.81. The Kier molecular flexibility index (Phi) is 5.19. The SMILES string of the molecule is CC(C)(C)c1ccc(-c2cc(B3OCCO3)cc3ccc(B4OCCO4)cc23)cc1. The van der Waals surface area contributed by atoms with Gasteiger partial charge in [-0.15, -0.1) is 0 Å². The lowest BCUT2D eigenvalue weighted by Gasteiger charge is -2.20. The second-order valence-corrected chi connectivity index (χ2v) is 9.02. The first-order chi connectivity index (χ1) is 14.5. The van der Waals surface area contributed by atoms with Crippen LogP contribution < -0.4 is 10.9 Å². The van der Waals surface area contributed by atoms with Crippen molar-refractivity contribution >= 4 is 35.9 Å². The molecule has 3 aromatic rings. The number of rotatable bonds is 3. The van der Waals surface area contributed by atoms with Crippen molar-refractivity contribution in [3.8, 4) is 11.1 Å². The highest BCUT2D eigenvalue weighted by Gasteiger charge is 2.29. The Morgan fingerprint density at radius 2 is 1.27 bits per heavy atom. The first-order valence-electron chi connectivity index (χ1n) is 10.6.